The molecular weight excluding hydrogens is 375 g/mol. The lowest BCUT2D eigenvalue weighted by molar-refractivity contribution is 0.573. The Balaban J connectivity index is 1.45. The van der Waals surface area contributed by atoms with Crippen LogP contribution in [0.25, 0.3) is 22.8 Å². The Morgan fingerprint density at radius 2 is 2.00 bits per heavy atom. The summed E-state index contributed by atoms with van der Waals surface area (Å²) in [5.74, 6) is 1.08. The van der Waals surface area contributed by atoms with E-state index in [-0.39, 0.29) is 5.82 Å². The van der Waals surface area contributed by atoms with Crippen molar-refractivity contribution in [3.63, 3.8) is 0 Å². The quantitative estimate of drug-likeness (QED) is 0.477. The summed E-state index contributed by atoms with van der Waals surface area (Å²) in [6.07, 6.45) is 1.59. The van der Waals surface area contributed by atoms with Crippen molar-refractivity contribution in [3.8, 4) is 22.8 Å². The molecule has 0 aliphatic carbocycles. The molecule has 4 rings (SSSR count). The first-order chi connectivity index (χ1) is 12.7. The highest BCUT2D eigenvalue weighted by molar-refractivity contribution is 7.98. The number of hydrogen-bond acceptors (Lipinski definition) is 5. The van der Waals surface area contributed by atoms with E-state index in [2.05, 4.69) is 20.2 Å². The average molecular weight is 387 g/mol. The number of halogens is 2. The van der Waals surface area contributed by atoms with E-state index in [0.29, 0.717) is 33.2 Å². The van der Waals surface area contributed by atoms with Gasteiger partial charge in [-0.15, -0.1) is 5.10 Å². The van der Waals surface area contributed by atoms with Crippen LogP contribution >= 0.6 is 23.4 Å². The SMILES string of the molecule is Fc1ccccc1-c1nc(SCc2coc(-c3cccc(Cl)c3)n2)n[nH]1. The highest BCUT2D eigenvalue weighted by atomic mass is 35.5. The molecule has 2 heterocycles. The molecule has 26 heavy (non-hydrogen) atoms. The van der Waals surface area contributed by atoms with Gasteiger partial charge in [-0.05, 0) is 30.3 Å². The lowest BCUT2D eigenvalue weighted by atomic mass is 10.2. The van der Waals surface area contributed by atoms with Gasteiger partial charge in [0.2, 0.25) is 11.0 Å². The number of aromatic nitrogens is 4. The van der Waals surface area contributed by atoms with E-state index in [0.717, 1.165) is 11.3 Å². The van der Waals surface area contributed by atoms with Crippen molar-refractivity contribution in [1.29, 1.82) is 0 Å². The molecule has 0 fully saturated rings. The van der Waals surface area contributed by atoms with E-state index in [1.54, 1.807) is 36.6 Å². The Bertz CT molecular complexity index is 1050. The van der Waals surface area contributed by atoms with Gasteiger partial charge in [-0.1, -0.05) is 41.6 Å². The second-order valence-electron chi connectivity index (χ2n) is 5.39. The van der Waals surface area contributed by atoms with Crippen LogP contribution in [-0.4, -0.2) is 20.2 Å². The van der Waals surface area contributed by atoms with Gasteiger partial charge in [-0.25, -0.2) is 14.4 Å². The molecular formula is C18H12ClFN4OS. The van der Waals surface area contributed by atoms with Crippen LogP contribution in [0.2, 0.25) is 5.02 Å². The Morgan fingerprint density at radius 3 is 2.85 bits per heavy atom. The molecule has 0 aliphatic rings. The summed E-state index contributed by atoms with van der Waals surface area (Å²) in [4.78, 5) is 8.76. The molecule has 2 aromatic carbocycles. The molecule has 0 amide bonds. The number of nitrogens with one attached hydrogen (secondary N) is 1. The van der Waals surface area contributed by atoms with Crippen LogP contribution in [0.1, 0.15) is 5.69 Å². The van der Waals surface area contributed by atoms with Crippen molar-refractivity contribution in [2.24, 2.45) is 0 Å². The fourth-order valence-electron chi connectivity index (χ4n) is 2.35. The fourth-order valence-corrected chi connectivity index (χ4v) is 3.22. The zero-order chi connectivity index (χ0) is 17.9. The third-order valence-electron chi connectivity index (χ3n) is 3.57. The largest absolute Gasteiger partial charge is 0.444 e. The molecule has 0 atom stereocenters. The van der Waals surface area contributed by atoms with Crippen molar-refractivity contribution < 1.29 is 8.81 Å². The molecule has 0 saturated carbocycles. The van der Waals surface area contributed by atoms with E-state index in [9.17, 15) is 4.39 Å². The minimum atomic E-state index is -0.345. The van der Waals surface area contributed by atoms with Crippen LogP contribution in [0.3, 0.4) is 0 Å². The monoisotopic (exact) mass is 386 g/mol. The van der Waals surface area contributed by atoms with E-state index in [4.69, 9.17) is 16.0 Å². The predicted molar refractivity (Wildman–Crippen MR) is 98.3 cm³/mol. The van der Waals surface area contributed by atoms with Crippen molar-refractivity contribution in [3.05, 3.63) is 71.3 Å². The van der Waals surface area contributed by atoms with Gasteiger partial charge in [0.1, 0.15) is 12.1 Å². The third kappa shape index (κ3) is 3.63. The maximum atomic E-state index is 13.8. The summed E-state index contributed by atoms with van der Waals surface area (Å²) in [6, 6.07) is 13.7. The molecule has 0 saturated heterocycles. The number of H-pyrrole nitrogens is 1. The van der Waals surface area contributed by atoms with Crippen molar-refractivity contribution in [1.82, 2.24) is 20.2 Å². The van der Waals surface area contributed by atoms with Crippen molar-refractivity contribution in [2.75, 3.05) is 0 Å². The fraction of sp³-hybridized carbons (Fsp3) is 0.0556. The third-order valence-corrected chi connectivity index (χ3v) is 4.68. The van der Waals surface area contributed by atoms with Crippen molar-refractivity contribution >= 4 is 23.4 Å². The number of hydrogen-bond donors (Lipinski definition) is 1. The minimum absolute atomic E-state index is 0.345. The highest BCUT2D eigenvalue weighted by Gasteiger charge is 2.12. The molecule has 1 N–H and O–H groups in total. The van der Waals surface area contributed by atoms with Gasteiger partial charge in [0.05, 0.1) is 11.3 Å². The second kappa shape index (κ2) is 7.31. The summed E-state index contributed by atoms with van der Waals surface area (Å²) >= 11 is 7.37. The maximum Gasteiger partial charge on any atom is 0.226 e. The number of thioether (sulfide) groups is 1. The van der Waals surface area contributed by atoms with Crippen LogP contribution < -0.4 is 0 Å². The molecule has 2 aromatic heterocycles. The van der Waals surface area contributed by atoms with Crippen LogP contribution in [0.5, 0.6) is 0 Å². The first-order valence-corrected chi connectivity index (χ1v) is 9.06. The van der Waals surface area contributed by atoms with Gasteiger partial charge in [0.25, 0.3) is 0 Å². The first kappa shape index (κ1) is 16.8. The molecule has 0 aliphatic heterocycles. The average Bonchev–Trinajstić information content (AvgIpc) is 3.30. The van der Waals surface area contributed by atoms with Gasteiger partial charge in [0.15, 0.2) is 5.82 Å². The number of nitrogens with zero attached hydrogens (tertiary/aromatic N) is 3. The molecule has 8 heteroatoms. The molecule has 4 aromatic rings. The highest BCUT2D eigenvalue weighted by Crippen LogP contribution is 2.26. The Morgan fingerprint density at radius 1 is 1.12 bits per heavy atom. The smallest absolute Gasteiger partial charge is 0.226 e. The second-order valence-corrected chi connectivity index (χ2v) is 6.77. The molecule has 130 valence electrons. The summed E-state index contributed by atoms with van der Waals surface area (Å²) in [7, 11) is 0. The van der Waals surface area contributed by atoms with Gasteiger partial charge in [0, 0.05) is 16.3 Å². The normalized spacial score (nSPS) is 11.0. The molecule has 0 unspecified atom stereocenters. The van der Waals surface area contributed by atoms with Gasteiger partial charge in [-0.2, -0.15) is 0 Å². The maximum absolute atomic E-state index is 13.8. The topological polar surface area (TPSA) is 67.6 Å². The molecule has 5 nitrogen and oxygen atoms in total. The summed E-state index contributed by atoms with van der Waals surface area (Å²) in [5.41, 5.74) is 1.95. The van der Waals surface area contributed by atoms with Gasteiger partial charge in [-0.3, -0.25) is 5.10 Å². The number of rotatable bonds is 5. The Kier molecular flexibility index (Phi) is 4.73. The molecule has 0 radical (unpaired) electrons. The molecule has 0 bridgehead atoms. The minimum Gasteiger partial charge on any atom is -0.444 e. The number of aromatic amines is 1. The van der Waals surface area contributed by atoms with Crippen LogP contribution in [-0.2, 0) is 5.75 Å². The van der Waals surface area contributed by atoms with E-state index in [1.165, 1.54) is 17.8 Å². The van der Waals surface area contributed by atoms with Gasteiger partial charge >= 0.3 is 0 Å². The van der Waals surface area contributed by atoms with Crippen molar-refractivity contribution in [2.45, 2.75) is 10.9 Å². The number of benzene rings is 2. The van der Waals surface area contributed by atoms with E-state index >= 15 is 0 Å². The van der Waals surface area contributed by atoms with Crippen LogP contribution in [0.15, 0.2) is 64.4 Å². The van der Waals surface area contributed by atoms with E-state index < -0.39 is 0 Å². The lowest BCUT2D eigenvalue weighted by Gasteiger charge is -1.96. The van der Waals surface area contributed by atoms with Crippen LogP contribution in [0.4, 0.5) is 4.39 Å². The summed E-state index contributed by atoms with van der Waals surface area (Å²) in [5, 5.41) is 8.00. The zero-order valence-corrected chi connectivity index (χ0v) is 14.9. The van der Waals surface area contributed by atoms with E-state index in [1.807, 2.05) is 12.1 Å². The standard InChI is InChI=1S/C18H12ClFN4OS/c19-12-5-3-4-11(8-12)17-21-13(9-25-17)10-26-18-22-16(23-24-18)14-6-1-2-7-15(14)20/h1-9H,10H2,(H,22,23,24). The number of oxazole rings is 1. The lowest BCUT2D eigenvalue weighted by Crippen LogP contribution is -1.85. The Labute approximate surface area is 157 Å². The predicted octanol–water partition coefficient (Wildman–Crippen LogP) is 5.21. The Hall–Kier alpha value is -2.64. The first-order valence-electron chi connectivity index (χ1n) is 7.69. The molecule has 0 spiro atoms. The van der Waals surface area contributed by atoms with Crippen LogP contribution in [0, 0.1) is 5.82 Å². The van der Waals surface area contributed by atoms with Gasteiger partial charge < -0.3 is 4.42 Å². The summed E-state index contributed by atoms with van der Waals surface area (Å²) < 4.78 is 19.3. The summed E-state index contributed by atoms with van der Waals surface area (Å²) in [6.45, 7) is 0. The zero-order valence-electron chi connectivity index (χ0n) is 13.3.